The fraction of sp³-hybridized carbons (Fsp3) is 0.310. The lowest BCUT2D eigenvalue weighted by atomic mass is 9.82. The van der Waals surface area contributed by atoms with E-state index < -0.39 is 30.3 Å². The third-order valence-electron chi connectivity index (χ3n) is 6.23. The predicted octanol–water partition coefficient (Wildman–Crippen LogP) is 4.14. The maximum atomic E-state index is 13.8. The molecule has 0 radical (unpaired) electrons. The van der Waals surface area contributed by atoms with E-state index in [1.54, 1.807) is 60.7 Å². The normalized spacial score (nSPS) is 18.5. The van der Waals surface area contributed by atoms with Crippen LogP contribution in [0.4, 0.5) is 13.2 Å². The molecular weight excluding hydrogens is 527 g/mol. The van der Waals surface area contributed by atoms with Crippen LogP contribution in [0.15, 0.2) is 83.9 Å². The molecule has 2 atom stereocenters. The van der Waals surface area contributed by atoms with Crippen molar-refractivity contribution in [1.29, 1.82) is 0 Å². The molecule has 0 fully saturated rings. The van der Waals surface area contributed by atoms with Gasteiger partial charge in [0.2, 0.25) is 5.90 Å². The summed E-state index contributed by atoms with van der Waals surface area (Å²) in [4.78, 5) is 18.5. The maximum Gasteiger partial charge on any atom is 0.402 e. The van der Waals surface area contributed by atoms with E-state index >= 15 is 0 Å². The number of nitrogens with zero attached hydrogens (tertiary/aromatic N) is 1. The van der Waals surface area contributed by atoms with E-state index in [1.165, 1.54) is 7.11 Å². The molecule has 0 spiro atoms. The van der Waals surface area contributed by atoms with Crippen LogP contribution < -0.4 is 20.3 Å². The highest BCUT2D eigenvalue weighted by atomic mass is 19.4. The van der Waals surface area contributed by atoms with Crippen LogP contribution in [-0.2, 0) is 16.0 Å². The van der Waals surface area contributed by atoms with Crippen LogP contribution in [0, 0.1) is 0 Å². The van der Waals surface area contributed by atoms with Gasteiger partial charge in [-0.3, -0.25) is 10.2 Å². The molecule has 0 unspecified atom stereocenters. The Morgan fingerprint density at radius 3 is 2.48 bits per heavy atom. The fourth-order valence-corrected chi connectivity index (χ4v) is 4.33. The van der Waals surface area contributed by atoms with E-state index in [2.05, 4.69) is 5.43 Å². The molecule has 40 heavy (non-hydrogen) atoms. The van der Waals surface area contributed by atoms with Gasteiger partial charge >= 0.3 is 6.18 Å². The van der Waals surface area contributed by atoms with Gasteiger partial charge in [0, 0.05) is 25.0 Å². The lowest BCUT2D eigenvalue weighted by Crippen LogP contribution is -2.55. The zero-order valence-electron chi connectivity index (χ0n) is 21.8. The van der Waals surface area contributed by atoms with Crippen LogP contribution in [0.25, 0.3) is 0 Å². The van der Waals surface area contributed by atoms with Gasteiger partial charge in [-0.2, -0.15) is 13.2 Å². The SMILES string of the molecule is COc1cccc([C@@H]2OC(c3ccc(OCCCO)cc3)=N[C@]2(Cc2ccccc2)C(=O)NNCC(F)(F)F)c1. The van der Waals surface area contributed by atoms with Gasteiger partial charge in [-0.25, -0.2) is 10.4 Å². The Morgan fingerprint density at radius 2 is 1.80 bits per heavy atom. The Balaban J connectivity index is 1.75. The highest BCUT2D eigenvalue weighted by Crippen LogP contribution is 2.43. The fourth-order valence-electron chi connectivity index (χ4n) is 4.33. The highest BCUT2D eigenvalue weighted by molar-refractivity contribution is 6.01. The van der Waals surface area contributed by atoms with E-state index in [0.29, 0.717) is 35.7 Å². The third-order valence-corrected chi connectivity index (χ3v) is 6.23. The van der Waals surface area contributed by atoms with Crippen molar-refractivity contribution in [3.05, 3.63) is 95.6 Å². The number of hydrogen-bond acceptors (Lipinski definition) is 7. The number of aliphatic hydroxyl groups is 1. The summed E-state index contributed by atoms with van der Waals surface area (Å²) < 4.78 is 55.9. The maximum absolute atomic E-state index is 13.8. The Bertz CT molecular complexity index is 1300. The summed E-state index contributed by atoms with van der Waals surface area (Å²) in [6, 6.07) is 22.8. The summed E-state index contributed by atoms with van der Waals surface area (Å²) >= 11 is 0. The van der Waals surface area contributed by atoms with Gasteiger partial charge in [0.1, 0.15) is 18.0 Å². The van der Waals surface area contributed by atoms with Gasteiger partial charge in [0.05, 0.1) is 13.7 Å². The second-order valence-corrected chi connectivity index (χ2v) is 9.15. The molecule has 212 valence electrons. The molecular formula is C29H30F3N3O5. The van der Waals surface area contributed by atoms with E-state index in [9.17, 15) is 18.0 Å². The number of hydrogen-bond donors (Lipinski definition) is 3. The Morgan fingerprint density at radius 1 is 1.05 bits per heavy atom. The second-order valence-electron chi connectivity index (χ2n) is 9.15. The molecule has 0 aliphatic carbocycles. The Hall–Kier alpha value is -4.09. The number of amides is 1. The number of aliphatic imine (C=N–C) groups is 1. The number of halogens is 3. The molecule has 3 aromatic carbocycles. The van der Waals surface area contributed by atoms with Gasteiger partial charge in [0.25, 0.3) is 5.91 Å². The molecule has 0 aromatic heterocycles. The van der Waals surface area contributed by atoms with Gasteiger partial charge < -0.3 is 19.3 Å². The Kier molecular flexibility index (Phi) is 9.28. The highest BCUT2D eigenvalue weighted by Gasteiger charge is 2.53. The molecule has 0 saturated heterocycles. The topological polar surface area (TPSA) is 101 Å². The van der Waals surface area contributed by atoms with Crippen LogP contribution in [0.1, 0.15) is 29.2 Å². The first-order valence-corrected chi connectivity index (χ1v) is 12.6. The van der Waals surface area contributed by atoms with E-state index in [-0.39, 0.29) is 18.9 Å². The van der Waals surface area contributed by atoms with Crippen molar-refractivity contribution in [3.8, 4) is 11.5 Å². The average Bonchev–Trinajstić information content (AvgIpc) is 3.34. The molecule has 1 amide bonds. The average molecular weight is 558 g/mol. The summed E-state index contributed by atoms with van der Waals surface area (Å²) in [5.74, 6) is 0.456. The monoisotopic (exact) mass is 557 g/mol. The van der Waals surface area contributed by atoms with Crippen molar-refractivity contribution in [1.82, 2.24) is 10.9 Å². The smallest absolute Gasteiger partial charge is 0.402 e. The van der Waals surface area contributed by atoms with Crippen molar-refractivity contribution in [2.24, 2.45) is 4.99 Å². The standard InChI is InChI=1S/C29H30F3N3O5/c1-38-24-10-5-9-22(17-24)25-28(18-20-7-3-2-4-8-20,27(37)35-33-19-29(30,31)32)34-26(40-25)21-11-13-23(14-12-21)39-16-6-15-36/h2-5,7-14,17,25,33,36H,6,15-16,18-19H2,1H3,(H,35,37)/t25-,28-/m0/s1. The summed E-state index contributed by atoms with van der Waals surface area (Å²) in [6.07, 6.45) is -5.00. The van der Waals surface area contributed by atoms with Crippen molar-refractivity contribution in [2.75, 3.05) is 26.9 Å². The molecule has 3 aromatic rings. The van der Waals surface area contributed by atoms with Crippen LogP contribution in [-0.4, -0.2) is 55.5 Å². The molecule has 11 heteroatoms. The summed E-state index contributed by atoms with van der Waals surface area (Å²) in [6.45, 7) is -1.06. The number of rotatable bonds is 12. The predicted molar refractivity (Wildman–Crippen MR) is 142 cm³/mol. The zero-order chi connectivity index (χ0) is 28.6. The van der Waals surface area contributed by atoms with Crippen molar-refractivity contribution < 1.29 is 37.3 Å². The van der Waals surface area contributed by atoms with Crippen LogP contribution in [0.2, 0.25) is 0 Å². The number of nitrogens with one attached hydrogen (secondary N) is 2. The van der Waals surface area contributed by atoms with Gasteiger partial charge in [0.15, 0.2) is 11.6 Å². The van der Waals surface area contributed by atoms with Crippen molar-refractivity contribution in [2.45, 2.75) is 30.7 Å². The number of benzene rings is 3. The van der Waals surface area contributed by atoms with Crippen LogP contribution in [0.3, 0.4) is 0 Å². The molecule has 1 aliphatic heterocycles. The molecule has 1 aliphatic rings. The first-order valence-electron chi connectivity index (χ1n) is 12.6. The second kappa shape index (κ2) is 12.8. The lowest BCUT2D eigenvalue weighted by molar-refractivity contribution is -0.136. The van der Waals surface area contributed by atoms with E-state index in [1.807, 2.05) is 23.6 Å². The summed E-state index contributed by atoms with van der Waals surface area (Å²) in [7, 11) is 1.51. The number of ether oxygens (including phenoxy) is 3. The van der Waals surface area contributed by atoms with Crippen LogP contribution >= 0.6 is 0 Å². The van der Waals surface area contributed by atoms with Gasteiger partial charge in [-0.15, -0.1) is 0 Å². The zero-order valence-corrected chi connectivity index (χ0v) is 21.8. The number of alkyl halides is 3. The molecule has 4 rings (SSSR count). The minimum absolute atomic E-state index is 0.0117. The minimum Gasteiger partial charge on any atom is -0.497 e. The molecule has 0 saturated carbocycles. The molecule has 0 bridgehead atoms. The van der Waals surface area contributed by atoms with Crippen LogP contribution in [0.5, 0.6) is 11.5 Å². The van der Waals surface area contributed by atoms with Gasteiger partial charge in [-0.05, 0) is 47.5 Å². The van der Waals surface area contributed by atoms with Crippen molar-refractivity contribution >= 4 is 11.8 Å². The lowest BCUT2D eigenvalue weighted by Gasteiger charge is -2.31. The summed E-state index contributed by atoms with van der Waals surface area (Å²) in [5, 5.41) is 8.96. The van der Waals surface area contributed by atoms with Gasteiger partial charge in [-0.1, -0.05) is 42.5 Å². The molecule has 8 nitrogen and oxygen atoms in total. The van der Waals surface area contributed by atoms with E-state index in [0.717, 1.165) is 5.56 Å². The number of methoxy groups -OCH3 is 1. The summed E-state index contributed by atoms with van der Waals surface area (Å²) in [5.41, 5.74) is 4.38. The van der Waals surface area contributed by atoms with Crippen molar-refractivity contribution in [3.63, 3.8) is 0 Å². The quantitative estimate of drug-likeness (QED) is 0.229. The number of hydrazine groups is 1. The number of carbonyl (C=O) groups is 1. The van der Waals surface area contributed by atoms with E-state index in [4.69, 9.17) is 24.3 Å². The molecule has 3 N–H and O–H groups in total. The molecule has 1 heterocycles. The Labute approximate surface area is 229 Å². The largest absolute Gasteiger partial charge is 0.497 e. The number of carbonyl (C=O) groups excluding carboxylic acids is 1. The third kappa shape index (κ3) is 7.10. The first kappa shape index (κ1) is 28.9. The first-order chi connectivity index (χ1) is 19.2. The minimum atomic E-state index is -4.53. The number of aliphatic hydroxyl groups excluding tert-OH is 1.